The van der Waals surface area contributed by atoms with Crippen molar-refractivity contribution in [3.8, 4) is 33.4 Å². The molecule has 2 aliphatic heterocycles. The molecule has 21 heteroatoms. The number of amides is 4. The topological polar surface area (TPSA) is 177 Å². The third-order valence-electron chi connectivity index (χ3n) is 12.4. The van der Waals surface area contributed by atoms with E-state index in [0.29, 0.717) is 16.8 Å². The van der Waals surface area contributed by atoms with Crippen molar-refractivity contribution >= 4 is 63.7 Å². The molecule has 3 unspecified atom stereocenters. The first-order chi connectivity index (χ1) is 34.3. The number of nitrogens with one attached hydrogen (secondary N) is 2. The van der Waals surface area contributed by atoms with Crippen LogP contribution in [0.2, 0.25) is 0 Å². The van der Waals surface area contributed by atoms with Gasteiger partial charge in [-0.2, -0.15) is 18.4 Å². The second kappa shape index (κ2) is 21.3. The van der Waals surface area contributed by atoms with Crippen molar-refractivity contribution in [3.05, 3.63) is 119 Å². The minimum Gasteiger partial charge on any atom is -0.487 e. The smallest absolute Gasteiger partial charge is 0.417 e. The van der Waals surface area contributed by atoms with E-state index >= 15 is 0 Å². The summed E-state index contributed by atoms with van der Waals surface area (Å²) in [6.07, 6.45) is -5.85. The van der Waals surface area contributed by atoms with Crippen LogP contribution in [0.15, 0.2) is 96.5 Å². The van der Waals surface area contributed by atoms with E-state index in [1.54, 1.807) is 76.5 Å². The Morgan fingerprint density at radius 1 is 0.932 bits per heavy atom. The van der Waals surface area contributed by atoms with E-state index in [1.807, 2.05) is 31.2 Å². The van der Waals surface area contributed by atoms with Crippen molar-refractivity contribution in [2.75, 3.05) is 36.2 Å². The second-order valence-corrected chi connectivity index (χ2v) is 20.5. The second-order valence-electron chi connectivity index (χ2n) is 19.3. The van der Waals surface area contributed by atoms with Gasteiger partial charge >= 0.3 is 12.1 Å². The summed E-state index contributed by atoms with van der Waals surface area (Å²) in [5.41, 5.74) is 2.21. The third kappa shape index (κ3) is 12.2. The quantitative estimate of drug-likeness (QED) is 0.0639. The number of ether oxygens (including phenoxy) is 2. The van der Waals surface area contributed by atoms with Crippen molar-refractivity contribution < 1.29 is 55.7 Å². The number of halogens is 5. The van der Waals surface area contributed by atoms with Gasteiger partial charge in [-0.25, -0.2) is 13.8 Å². The first-order valence-corrected chi connectivity index (χ1v) is 24.2. The zero-order valence-corrected chi connectivity index (χ0v) is 42.2. The van der Waals surface area contributed by atoms with Crippen molar-refractivity contribution in [2.24, 2.45) is 5.41 Å². The Balaban J connectivity index is 0.890. The molecule has 0 radical (unpaired) electrons. The number of likely N-dealkylation sites (tertiary alicyclic amines) is 1. The number of nitriles is 1. The van der Waals surface area contributed by atoms with Gasteiger partial charge in [-0.1, -0.05) is 69.3 Å². The van der Waals surface area contributed by atoms with Crippen LogP contribution in [0.4, 0.5) is 33.3 Å². The molecule has 2 saturated heterocycles. The predicted octanol–water partition coefficient (Wildman–Crippen LogP) is 8.43. The Morgan fingerprint density at radius 3 is 2.14 bits per heavy atom. The summed E-state index contributed by atoms with van der Waals surface area (Å²) in [5, 5.41) is 25.1. The summed E-state index contributed by atoms with van der Waals surface area (Å²) < 4.78 is 81.8. The van der Waals surface area contributed by atoms with Crippen molar-refractivity contribution in [1.29, 1.82) is 5.26 Å². The number of nitrogens with zero attached hydrogens (tertiary/aromatic N) is 5. The summed E-state index contributed by atoms with van der Waals surface area (Å²) in [6.45, 7) is 7.10. The summed E-state index contributed by atoms with van der Waals surface area (Å²) in [6, 6.07) is 22.9. The molecule has 0 spiro atoms. The lowest BCUT2D eigenvalue weighted by atomic mass is 9.85. The summed E-state index contributed by atoms with van der Waals surface area (Å²) >= 11 is 7.16. The molecule has 3 atom stereocenters. The molecule has 2 aliphatic rings. The number of thiazole rings is 1. The normalized spacial score (nSPS) is 17.4. The van der Waals surface area contributed by atoms with E-state index in [1.165, 1.54) is 45.4 Å². The van der Waals surface area contributed by atoms with Crippen molar-refractivity contribution in [3.63, 3.8) is 0 Å². The number of β-amino-alcohol motifs (C(OH)–C–C–N with tert-alkyl or cyclic N) is 1. The molecule has 4 aromatic carbocycles. The maximum atomic E-state index is 15.0. The largest absolute Gasteiger partial charge is 0.487 e. The maximum absolute atomic E-state index is 15.0. The van der Waals surface area contributed by atoms with Crippen LogP contribution in [0.25, 0.3) is 21.6 Å². The minimum atomic E-state index is -4.85. The number of rotatable bonds is 16. The number of aliphatic hydroxyl groups excluding tert-OH is 1. The SMILES string of the molecule is Cc1ncsc1-c1ccc(CNC(=O)C2CC(O)CN2C(=O)C(NC(=O)COCC(F)(F)COc2ccc(-c3ccc(N4C(=S)N(c5ccc(C#N)c(C(F)(F)F)c5)C(=O)C4(C)C)cc3)cc2)C(C)(C)C)cc1. The number of aryl methyl sites for hydroxylation is 1. The van der Waals surface area contributed by atoms with Gasteiger partial charge in [0, 0.05) is 25.2 Å². The van der Waals surface area contributed by atoms with Gasteiger partial charge < -0.3 is 35.0 Å². The average molecular weight is 1050 g/mol. The van der Waals surface area contributed by atoms with Crippen LogP contribution in [-0.4, -0.2) is 99.7 Å². The molecule has 2 fully saturated rings. The van der Waals surface area contributed by atoms with Gasteiger partial charge in [-0.3, -0.25) is 24.1 Å². The van der Waals surface area contributed by atoms with E-state index in [-0.39, 0.29) is 36.1 Å². The fourth-order valence-corrected chi connectivity index (χ4v) is 9.85. The lowest BCUT2D eigenvalue weighted by Gasteiger charge is -2.35. The molecule has 0 bridgehead atoms. The number of thiocarbonyl (C=S) groups is 1. The number of aromatic nitrogens is 1. The van der Waals surface area contributed by atoms with E-state index in [4.69, 9.17) is 21.7 Å². The molecule has 3 heterocycles. The molecule has 0 saturated carbocycles. The molecule has 14 nitrogen and oxygen atoms in total. The molecule has 384 valence electrons. The van der Waals surface area contributed by atoms with Crippen LogP contribution in [0, 0.1) is 23.7 Å². The van der Waals surface area contributed by atoms with Crippen molar-refractivity contribution in [2.45, 2.75) is 90.3 Å². The average Bonchev–Trinajstić information content (AvgIpc) is 4.00. The highest BCUT2D eigenvalue weighted by molar-refractivity contribution is 7.81. The van der Waals surface area contributed by atoms with Crippen LogP contribution >= 0.6 is 23.6 Å². The molecule has 1 aromatic heterocycles. The van der Waals surface area contributed by atoms with E-state index < -0.39 is 95.8 Å². The maximum Gasteiger partial charge on any atom is 0.417 e. The van der Waals surface area contributed by atoms with Gasteiger partial charge in [-0.15, -0.1) is 11.3 Å². The Hall–Kier alpha value is -6.86. The van der Waals surface area contributed by atoms with Gasteiger partial charge in [0.25, 0.3) is 5.91 Å². The lowest BCUT2D eigenvalue weighted by molar-refractivity contribution is -0.146. The third-order valence-corrected chi connectivity index (χ3v) is 13.7. The monoisotopic (exact) mass is 1050 g/mol. The number of anilines is 2. The number of aliphatic hydroxyl groups is 1. The van der Waals surface area contributed by atoms with Crippen LogP contribution in [0.5, 0.6) is 5.75 Å². The number of alkyl halides is 5. The molecule has 4 amide bonds. The molecule has 0 aliphatic carbocycles. The predicted molar refractivity (Wildman–Crippen MR) is 268 cm³/mol. The summed E-state index contributed by atoms with van der Waals surface area (Å²) in [4.78, 5) is 63.2. The minimum absolute atomic E-state index is 0.0163. The Kier molecular flexibility index (Phi) is 15.7. The molecular formula is C52H52F5N7O7S2. The standard InChI is InChI=1S/C52H52F5N7O7S2/c1-30-43(73-29-60-30)34-9-7-31(8-10-34)24-59-45(67)41-22-38(65)25-62(41)46(68)44(49(2,3)4)61-42(66)26-70-27-51(53,54)28-71-39-19-14-33(15-20-39)32-11-16-36(17-12-32)64-48(72)63(47(69)50(64,5)6)37-18-13-35(23-58)40(21-37)52(55,56)57/h7-21,29,38,41,44,65H,22,24-28H2,1-6H3,(H,59,67)(H,61,66). The molecule has 7 rings (SSSR count). The number of hydrogen-bond donors (Lipinski definition) is 3. The van der Waals surface area contributed by atoms with Crippen LogP contribution < -0.4 is 25.2 Å². The number of hydrogen-bond acceptors (Lipinski definition) is 11. The van der Waals surface area contributed by atoms with Gasteiger partial charge in [0.15, 0.2) is 11.7 Å². The molecule has 73 heavy (non-hydrogen) atoms. The van der Waals surface area contributed by atoms with Crippen molar-refractivity contribution in [1.82, 2.24) is 20.5 Å². The first-order valence-electron chi connectivity index (χ1n) is 22.9. The fraction of sp³-hybridized carbons (Fsp3) is 0.365. The highest BCUT2D eigenvalue weighted by Gasteiger charge is 2.51. The Bertz CT molecular complexity index is 2920. The van der Waals surface area contributed by atoms with Gasteiger partial charge in [-0.05, 0) is 103 Å². The highest BCUT2D eigenvalue weighted by Crippen LogP contribution is 2.40. The Labute approximate surface area is 427 Å². The van der Waals surface area contributed by atoms with E-state index in [9.17, 15) is 51.5 Å². The summed E-state index contributed by atoms with van der Waals surface area (Å²) in [5.74, 6) is -5.96. The first kappa shape index (κ1) is 53.9. The highest BCUT2D eigenvalue weighted by atomic mass is 32.1. The zero-order chi connectivity index (χ0) is 53.2. The Morgan fingerprint density at radius 2 is 1.55 bits per heavy atom. The van der Waals surface area contributed by atoms with E-state index in [0.717, 1.165) is 38.7 Å². The van der Waals surface area contributed by atoms with Crippen LogP contribution in [0.1, 0.15) is 63.4 Å². The number of carbonyl (C=O) groups is 4. The van der Waals surface area contributed by atoms with Crippen LogP contribution in [-0.2, 0) is 36.6 Å². The van der Waals surface area contributed by atoms with E-state index in [2.05, 4.69) is 15.6 Å². The lowest BCUT2D eigenvalue weighted by Crippen LogP contribution is -2.58. The van der Waals surface area contributed by atoms with Gasteiger partial charge in [0.05, 0.1) is 45.1 Å². The van der Waals surface area contributed by atoms with Crippen LogP contribution in [0.3, 0.4) is 0 Å². The molecule has 3 N–H and O–H groups in total. The fourth-order valence-electron chi connectivity index (χ4n) is 8.51. The molecule has 5 aromatic rings. The zero-order valence-electron chi connectivity index (χ0n) is 40.6. The number of carbonyl (C=O) groups excluding carboxylic acids is 4. The summed E-state index contributed by atoms with van der Waals surface area (Å²) in [7, 11) is 0. The molecular weight excluding hydrogens is 994 g/mol. The van der Waals surface area contributed by atoms with Gasteiger partial charge in [0.2, 0.25) is 17.7 Å². The number of benzene rings is 4. The van der Waals surface area contributed by atoms with Gasteiger partial charge in [0.1, 0.15) is 36.6 Å².